The maximum atomic E-state index is 12.4. The molecular formula is C20H22N2O4. The lowest BCUT2D eigenvalue weighted by Gasteiger charge is -2.32. The molecule has 0 spiro atoms. The monoisotopic (exact) mass is 354 g/mol. The summed E-state index contributed by atoms with van der Waals surface area (Å²) in [4.78, 5) is 26.0. The zero-order chi connectivity index (χ0) is 18.4. The molecular weight excluding hydrogens is 332 g/mol. The number of rotatable bonds is 7. The van der Waals surface area contributed by atoms with Gasteiger partial charge in [0, 0.05) is 13.0 Å². The summed E-state index contributed by atoms with van der Waals surface area (Å²) in [6, 6.07) is 16.8. The molecule has 1 N–H and O–H groups in total. The molecule has 2 aromatic carbocycles. The van der Waals surface area contributed by atoms with Gasteiger partial charge in [0.05, 0.1) is 12.2 Å². The molecule has 6 nitrogen and oxygen atoms in total. The van der Waals surface area contributed by atoms with Crippen molar-refractivity contribution in [3.8, 4) is 11.5 Å². The fourth-order valence-corrected chi connectivity index (χ4v) is 2.77. The fraction of sp³-hybridized carbons (Fsp3) is 0.300. The minimum absolute atomic E-state index is 0.119. The van der Waals surface area contributed by atoms with Gasteiger partial charge in [-0.2, -0.15) is 0 Å². The summed E-state index contributed by atoms with van der Waals surface area (Å²) in [5, 5.41) is 2.81. The van der Waals surface area contributed by atoms with Crippen LogP contribution in [-0.2, 0) is 9.59 Å². The van der Waals surface area contributed by atoms with E-state index >= 15 is 0 Å². The van der Waals surface area contributed by atoms with Crippen molar-refractivity contribution in [2.24, 2.45) is 0 Å². The van der Waals surface area contributed by atoms with Gasteiger partial charge >= 0.3 is 0 Å². The number of hydrogen-bond acceptors (Lipinski definition) is 4. The zero-order valence-electron chi connectivity index (χ0n) is 14.7. The molecule has 6 heteroatoms. The topological polar surface area (TPSA) is 67.9 Å². The van der Waals surface area contributed by atoms with E-state index in [1.807, 2.05) is 54.6 Å². The predicted octanol–water partition coefficient (Wildman–Crippen LogP) is 2.39. The number of para-hydroxylation sites is 3. The summed E-state index contributed by atoms with van der Waals surface area (Å²) in [5.74, 6) is 1.18. The second-order valence-corrected chi connectivity index (χ2v) is 5.98. The maximum Gasteiger partial charge on any atom is 0.267 e. The predicted molar refractivity (Wildman–Crippen MR) is 98.4 cm³/mol. The summed E-state index contributed by atoms with van der Waals surface area (Å²) in [6.45, 7) is 2.84. The summed E-state index contributed by atoms with van der Waals surface area (Å²) in [7, 11) is 0. The standard InChI is InChI=1S/C20H22N2O4/c1-15-20(24)22(17-9-5-6-10-18(17)26-15)13-11-19(23)21-12-14-25-16-7-3-2-4-8-16/h2-10,15H,11-14H2,1H3,(H,21,23). The smallest absolute Gasteiger partial charge is 0.267 e. The zero-order valence-corrected chi connectivity index (χ0v) is 14.7. The lowest BCUT2D eigenvalue weighted by atomic mass is 10.1. The Morgan fingerprint density at radius 3 is 2.69 bits per heavy atom. The molecule has 3 rings (SSSR count). The number of ether oxygens (including phenoxy) is 2. The molecule has 0 aromatic heterocycles. The highest BCUT2D eigenvalue weighted by atomic mass is 16.5. The average Bonchev–Trinajstić information content (AvgIpc) is 2.66. The second-order valence-electron chi connectivity index (χ2n) is 5.98. The van der Waals surface area contributed by atoms with Crippen LogP contribution in [0.1, 0.15) is 13.3 Å². The summed E-state index contributed by atoms with van der Waals surface area (Å²) >= 11 is 0. The first-order valence-electron chi connectivity index (χ1n) is 8.67. The molecule has 2 amide bonds. The highest BCUT2D eigenvalue weighted by molar-refractivity contribution is 6.00. The SMILES string of the molecule is CC1Oc2ccccc2N(CCC(=O)NCCOc2ccccc2)C1=O. The van der Waals surface area contributed by atoms with Crippen molar-refractivity contribution in [2.75, 3.05) is 24.6 Å². The fourth-order valence-electron chi connectivity index (χ4n) is 2.77. The molecule has 1 unspecified atom stereocenters. The Balaban J connectivity index is 1.46. The highest BCUT2D eigenvalue weighted by Gasteiger charge is 2.31. The number of nitrogens with one attached hydrogen (secondary N) is 1. The lowest BCUT2D eigenvalue weighted by molar-refractivity contribution is -0.125. The Bertz CT molecular complexity index is 763. The molecule has 1 aliphatic rings. The molecule has 1 heterocycles. The van der Waals surface area contributed by atoms with E-state index < -0.39 is 6.10 Å². The number of benzene rings is 2. The minimum Gasteiger partial charge on any atom is -0.492 e. The van der Waals surface area contributed by atoms with E-state index in [9.17, 15) is 9.59 Å². The van der Waals surface area contributed by atoms with E-state index in [1.54, 1.807) is 11.8 Å². The van der Waals surface area contributed by atoms with E-state index in [-0.39, 0.29) is 18.2 Å². The van der Waals surface area contributed by atoms with Gasteiger partial charge in [0.25, 0.3) is 5.91 Å². The molecule has 0 fully saturated rings. The summed E-state index contributed by atoms with van der Waals surface area (Å²) in [5.41, 5.74) is 0.704. The van der Waals surface area contributed by atoms with Gasteiger partial charge in [-0.25, -0.2) is 0 Å². The molecule has 0 saturated carbocycles. The van der Waals surface area contributed by atoms with Crippen LogP contribution >= 0.6 is 0 Å². The van der Waals surface area contributed by atoms with Crippen LogP contribution in [0.25, 0.3) is 0 Å². The third-order valence-electron chi connectivity index (χ3n) is 4.07. The number of carbonyl (C=O) groups is 2. The van der Waals surface area contributed by atoms with Gasteiger partial charge in [-0.3, -0.25) is 9.59 Å². The summed E-state index contributed by atoms with van der Waals surface area (Å²) in [6.07, 6.45) is -0.328. The van der Waals surface area contributed by atoms with E-state index in [2.05, 4.69) is 5.32 Å². The Hall–Kier alpha value is -3.02. The van der Waals surface area contributed by atoms with Gasteiger partial charge in [0.1, 0.15) is 18.1 Å². The second kappa shape index (κ2) is 8.38. The Morgan fingerprint density at radius 2 is 1.88 bits per heavy atom. The molecule has 2 aromatic rings. The minimum atomic E-state index is -0.549. The third-order valence-corrected chi connectivity index (χ3v) is 4.07. The lowest BCUT2D eigenvalue weighted by Crippen LogP contribution is -2.45. The van der Waals surface area contributed by atoms with Crippen LogP contribution in [0.5, 0.6) is 11.5 Å². The van der Waals surface area contributed by atoms with Crippen LogP contribution < -0.4 is 19.7 Å². The molecule has 0 radical (unpaired) electrons. The third kappa shape index (κ3) is 4.33. The first-order chi connectivity index (χ1) is 12.6. The number of amides is 2. The molecule has 1 atom stereocenters. The number of hydrogen-bond donors (Lipinski definition) is 1. The van der Waals surface area contributed by atoms with Gasteiger partial charge in [-0.05, 0) is 31.2 Å². The van der Waals surface area contributed by atoms with Crippen LogP contribution in [0.15, 0.2) is 54.6 Å². The van der Waals surface area contributed by atoms with Gasteiger partial charge < -0.3 is 19.7 Å². The van der Waals surface area contributed by atoms with Crippen molar-refractivity contribution in [2.45, 2.75) is 19.4 Å². The van der Waals surface area contributed by atoms with Gasteiger partial charge in [0.15, 0.2) is 6.10 Å². The molecule has 0 saturated heterocycles. The van der Waals surface area contributed by atoms with Crippen molar-refractivity contribution in [1.82, 2.24) is 5.32 Å². The highest BCUT2D eigenvalue weighted by Crippen LogP contribution is 2.33. The quantitative estimate of drug-likeness (QED) is 0.775. The number of fused-ring (bicyclic) bond motifs is 1. The number of nitrogens with zero attached hydrogens (tertiary/aromatic N) is 1. The van der Waals surface area contributed by atoms with Crippen LogP contribution in [0, 0.1) is 0 Å². The molecule has 136 valence electrons. The van der Waals surface area contributed by atoms with Crippen molar-refractivity contribution in [3.63, 3.8) is 0 Å². The van der Waals surface area contributed by atoms with Crippen LogP contribution in [0.2, 0.25) is 0 Å². The number of anilines is 1. The van der Waals surface area contributed by atoms with E-state index in [4.69, 9.17) is 9.47 Å². The van der Waals surface area contributed by atoms with Crippen LogP contribution in [-0.4, -0.2) is 37.6 Å². The van der Waals surface area contributed by atoms with E-state index in [0.717, 1.165) is 5.75 Å². The average molecular weight is 354 g/mol. The molecule has 0 aliphatic carbocycles. The maximum absolute atomic E-state index is 12.4. The van der Waals surface area contributed by atoms with Gasteiger partial charge in [-0.1, -0.05) is 30.3 Å². The summed E-state index contributed by atoms with van der Waals surface area (Å²) < 4.78 is 11.1. The Kier molecular flexibility index (Phi) is 5.73. The largest absolute Gasteiger partial charge is 0.492 e. The Morgan fingerprint density at radius 1 is 1.15 bits per heavy atom. The van der Waals surface area contributed by atoms with Crippen LogP contribution in [0.4, 0.5) is 5.69 Å². The van der Waals surface area contributed by atoms with Gasteiger partial charge in [0.2, 0.25) is 5.91 Å². The molecule has 26 heavy (non-hydrogen) atoms. The van der Waals surface area contributed by atoms with Crippen molar-refractivity contribution < 1.29 is 19.1 Å². The van der Waals surface area contributed by atoms with E-state index in [1.165, 1.54) is 0 Å². The first-order valence-corrected chi connectivity index (χ1v) is 8.67. The van der Waals surface area contributed by atoms with E-state index in [0.29, 0.717) is 31.1 Å². The Labute approximate surface area is 152 Å². The molecule has 0 bridgehead atoms. The van der Waals surface area contributed by atoms with Crippen molar-refractivity contribution in [3.05, 3.63) is 54.6 Å². The van der Waals surface area contributed by atoms with Crippen molar-refractivity contribution in [1.29, 1.82) is 0 Å². The van der Waals surface area contributed by atoms with Gasteiger partial charge in [-0.15, -0.1) is 0 Å². The normalized spacial score (nSPS) is 15.8. The van der Waals surface area contributed by atoms with Crippen molar-refractivity contribution >= 4 is 17.5 Å². The first kappa shape index (κ1) is 17.8. The molecule has 1 aliphatic heterocycles. The number of carbonyl (C=O) groups excluding carboxylic acids is 2. The van der Waals surface area contributed by atoms with Crippen LogP contribution in [0.3, 0.4) is 0 Å².